The molecule has 0 bridgehead atoms. The Labute approximate surface area is 89.4 Å². The quantitative estimate of drug-likeness (QED) is 0.394. The van der Waals surface area contributed by atoms with E-state index in [1.54, 1.807) is 0 Å². The molecular formula is C9H18N2O4. The Kier molecular flexibility index (Phi) is 9.89. The maximum absolute atomic E-state index is 10.2. The van der Waals surface area contributed by atoms with Gasteiger partial charge in [0.25, 0.3) is 0 Å². The molecule has 0 aliphatic carbocycles. The van der Waals surface area contributed by atoms with Crippen molar-refractivity contribution in [3.8, 4) is 0 Å². The highest BCUT2D eigenvalue weighted by molar-refractivity contribution is 5.71. The van der Waals surface area contributed by atoms with Gasteiger partial charge in [0.2, 0.25) is 0 Å². The first-order valence-corrected chi connectivity index (χ1v) is 4.68. The fourth-order valence-electron chi connectivity index (χ4n) is 0.759. The Balaban J connectivity index is 2.92. The number of primary amides is 1. The van der Waals surface area contributed by atoms with Crippen LogP contribution in [0.25, 0.3) is 0 Å². The largest absolute Gasteiger partial charge is 0.499 e. The highest BCUT2D eigenvalue weighted by atomic mass is 16.5. The van der Waals surface area contributed by atoms with Gasteiger partial charge < -0.3 is 25.3 Å². The summed E-state index contributed by atoms with van der Waals surface area (Å²) in [6.07, 6.45) is 1.37. The van der Waals surface area contributed by atoms with E-state index < -0.39 is 6.03 Å². The van der Waals surface area contributed by atoms with Crippen molar-refractivity contribution in [2.45, 2.75) is 0 Å². The lowest BCUT2D eigenvalue weighted by Crippen LogP contribution is -2.32. The molecular weight excluding hydrogens is 200 g/mol. The summed E-state index contributed by atoms with van der Waals surface area (Å²) in [6, 6.07) is -0.545. The smallest absolute Gasteiger partial charge is 0.312 e. The number of carbonyl (C=O) groups excluding carboxylic acids is 1. The van der Waals surface area contributed by atoms with Crippen LogP contribution in [0.1, 0.15) is 0 Å². The third-order valence-corrected chi connectivity index (χ3v) is 1.38. The molecule has 0 radical (unpaired) electrons. The molecule has 0 aromatic rings. The van der Waals surface area contributed by atoms with Crippen LogP contribution in [0.2, 0.25) is 0 Å². The maximum Gasteiger partial charge on any atom is 0.312 e. The number of carbonyl (C=O) groups is 1. The lowest BCUT2D eigenvalue weighted by Gasteiger charge is -2.05. The molecule has 3 N–H and O–H groups in total. The predicted octanol–water partition coefficient (Wildman–Crippen LogP) is -0.152. The van der Waals surface area contributed by atoms with Gasteiger partial charge in [0.15, 0.2) is 0 Å². The molecule has 0 unspecified atom stereocenters. The van der Waals surface area contributed by atoms with Crippen LogP contribution in [0, 0.1) is 0 Å². The zero-order chi connectivity index (χ0) is 11.4. The molecule has 0 atom stereocenters. The molecule has 6 nitrogen and oxygen atoms in total. The Morgan fingerprint density at radius 2 is 1.80 bits per heavy atom. The fraction of sp³-hybridized carbons (Fsp3) is 0.667. The summed E-state index contributed by atoms with van der Waals surface area (Å²) in [4.78, 5) is 10.2. The third-order valence-electron chi connectivity index (χ3n) is 1.38. The summed E-state index contributed by atoms with van der Waals surface area (Å²) >= 11 is 0. The van der Waals surface area contributed by atoms with Gasteiger partial charge in [-0.25, -0.2) is 4.79 Å². The van der Waals surface area contributed by atoms with Crippen LogP contribution in [0.4, 0.5) is 4.79 Å². The number of ether oxygens (including phenoxy) is 3. The number of rotatable bonds is 10. The van der Waals surface area contributed by atoms with Crippen molar-refractivity contribution in [1.82, 2.24) is 5.32 Å². The number of urea groups is 1. The lowest BCUT2D eigenvalue weighted by molar-refractivity contribution is 0.0319. The van der Waals surface area contributed by atoms with Crippen LogP contribution in [0.5, 0.6) is 0 Å². The van der Waals surface area contributed by atoms with Crippen molar-refractivity contribution in [1.29, 1.82) is 0 Å². The van der Waals surface area contributed by atoms with Gasteiger partial charge in [-0.3, -0.25) is 0 Å². The second-order valence-electron chi connectivity index (χ2n) is 2.55. The van der Waals surface area contributed by atoms with E-state index in [9.17, 15) is 4.79 Å². The Morgan fingerprint density at radius 3 is 2.40 bits per heavy atom. The van der Waals surface area contributed by atoms with E-state index >= 15 is 0 Å². The van der Waals surface area contributed by atoms with Crippen molar-refractivity contribution in [3.05, 3.63) is 12.8 Å². The molecule has 0 heterocycles. The molecule has 0 rings (SSSR count). The van der Waals surface area contributed by atoms with Crippen LogP contribution >= 0.6 is 0 Å². The van der Waals surface area contributed by atoms with Gasteiger partial charge >= 0.3 is 6.03 Å². The van der Waals surface area contributed by atoms with Gasteiger partial charge in [0, 0.05) is 6.54 Å². The minimum atomic E-state index is -0.545. The van der Waals surface area contributed by atoms with E-state index in [1.165, 1.54) is 6.26 Å². The van der Waals surface area contributed by atoms with E-state index in [4.69, 9.17) is 19.9 Å². The van der Waals surface area contributed by atoms with Crippen LogP contribution < -0.4 is 11.1 Å². The van der Waals surface area contributed by atoms with E-state index in [2.05, 4.69) is 11.9 Å². The molecule has 0 saturated carbocycles. The molecule has 0 aliphatic rings. The van der Waals surface area contributed by atoms with Crippen LogP contribution in [-0.2, 0) is 14.2 Å². The topological polar surface area (TPSA) is 82.8 Å². The third kappa shape index (κ3) is 12.7. The summed E-state index contributed by atoms with van der Waals surface area (Å²) in [7, 11) is 0. The molecule has 2 amide bonds. The zero-order valence-corrected chi connectivity index (χ0v) is 8.74. The van der Waals surface area contributed by atoms with E-state index in [1.807, 2.05) is 0 Å². The zero-order valence-electron chi connectivity index (χ0n) is 8.74. The monoisotopic (exact) mass is 218 g/mol. The van der Waals surface area contributed by atoms with Gasteiger partial charge in [-0.2, -0.15) is 0 Å². The number of hydrogen-bond acceptors (Lipinski definition) is 4. The molecule has 88 valence electrons. The number of nitrogens with two attached hydrogens (primary N) is 1. The highest BCUT2D eigenvalue weighted by Gasteiger charge is 1.92. The Morgan fingerprint density at radius 1 is 1.20 bits per heavy atom. The van der Waals surface area contributed by atoms with E-state index in [-0.39, 0.29) is 0 Å². The van der Waals surface area contributed by atoms with Crippen LogP contribution in [-0.4, -0.2) is 45.6 Å². The summed E-state index contributed by atoms with van der Waals surface area (Å²) in [5.74, 6) is 0. The van der Waals surface area contributed by atoms with E-state index in [0.29, 0.717) is 39.6 Å². The predicted molar refractivity (Wildman–Crippen MR) is 55.4 cm³/mol. The van der Waals surface area contributed by atoms with Crippen molar-refractivity contribution in [3.63, 3.8) is 0 Å². The first kappa shape index (κ1) is 13.7. The average Bonchev–Trinajstić information content (AvgIpc) is 2.20. The standard InChI is InChI=1S/C9H18N2O4/c1-2-13-5-6-15-8-7-14-4-3-11-9(10)12/h2H,1,3-8H2,(H3,10,11,12). The molecule has 0 fully saturated rings. The van der Waals surface area contributed by atoms with Gasteiger partial charge in [-0.05, 0) is 0 Å². The van der Waals surface area contributed by atoms with Gasteiger partial charge in [0.1, 0.15) is 6.61 Å². The van der Waals surface area contributed by atoms with Crippen molar-refractivity contribution < 1.29 is 19.0 Å². The summed E-state index contributed by atoms with van der Waals surface area (Å²) in [5.41, 5.74) is 4.85. The van der Waals surface area contributed by atoms with Crippen molar-refractivity contribution in [2.75, 3.05) is 39.6 Å². The van der Waals surface area contributed by atoms with Gasteiger partial charge in [-0.15, -0.1) is 0 Å². The Hall–Kier alpha value is -1.27. The first-order valence-electron chi connectivity index (χ1n) is 4.68. The first-order chi connectivity index (χ1) is 7.27. The molecule has 0 aromatic heterocycles. The summed E-state index contributed by atoms with van der Waals surface area (Å²) < 4.78 is 15.1. The van der Waals surface area contributed by atoms with Crippen LogP contribution in [0.15, 0.2) is 12.8 Å². The van der Waals surface area contributed by atoms with Gasteiger partial charge in [-0.1, -0.05) is 6.58 Å². The minimum absolute atomic E-state index is 0.412. The fourth-order valence-corrected chi connectivity index (χ4v) is 0.759. The summed E-state index contributed by atoms with van der Waals surface area (Å²) in [6.45, 7) is 6.21. The molecule has 15 heavy (non-hydrogen) atoms. The second kappa shape index (κ2) is 10.8. The lowest BCUT2D eigenvalue weighted by atomic mass is 10.6. The highest BCUT2D eigenvalue weighted by Crippen LogP contribution is 1.80. The molecule has 0 saturated heterocycles. The van der Waals surface area contributed by atoms with Crippen LogP contribution in [0.3, 0.4) is 0 Å². The molecule has 6 heteroatoms. The van der Waals surface area contributed by atoms with Crippen molar-refractivity contribution in [2.24, 2.45) is 5.73 Å². The molecule has 0 aromatic carbocycles. The Bertz CT molecular complexity index is 175. The summed E-state index contributed by atoms with van der Waals surface area (Å²) in [5, 5.41) is 2.41. The second-order valence-corrected chi connectivity index (χ2v) is 2.55. The molecule has 0 aliphatic heterocycles. The number of hydrogen-bond donors (Lipinski definition) is 2. The maximum atomic E-state index is 10.2. The van der Waals surface area contributed by atoms with Crippen molar-refractivity contribution >= 4 is 6.03 Å². The van der Waals surface area contributed by atoms with E-state index in [0.717, 1.165) is 0 Å². The number of nitrogens with one attached hydrogen (secondary N) is 1. The number of amides is 2. The molecule has 0 spiro atoms. The normalized spacial score (nSPS) is 9.60. The minimum Gasteiger partial charge on any atom is -0.499 e. The average molecular weight is 218 g/mol. The van der Waals surface area contributed by atoms with Gasteiger partial charge in [0.05, 0.1) is 32.7 Å². The SMILES string of the molecule is C=COCCOCCOCCNC(N)=O.